The van der Waals surface area contributed by atoms with Gasteiger partial charge in [0.2, 0.25) is 0 Å². The molecule has 1 radical (unpaired) electrons. The number of anilines is 2. The lowest BCUT2D eigenvalue weighted by molar-refractivity contribution is 0.919. The van der Waals surface area contributed by atoms with Gasteiger partial charge in [-0.3, -0.25) is 0 Å². The molecule has 0 fully saturated rings. The smallest absolute Gasteiger partial charge is 0.0603 e. The first-order chi connectivity index (χ1) is 5.38. The number of hydrogen-bond acceptors (Lipinski definition) is 2. The lowest BCUT2D eigenvalue weighted by Crippen LogP contribution is -2.28. The van der Waals surface area contributed by atoms with E-state index in [1.807, 2.05) is 17.0 Å². The average Bonchev–Trinajstić information content (AvgIpc) is 2.06. The van der Waals surface area contributed by atoms with Crippen molar-refractivity contribution in [2.75, 3.05) is 23.3 Å². The van der Waals surface area contributed by atoms with Crippen LogP contribution in [0.2, 0.25) is 0 Å². The van der Waals surface area contributed by atoms with Crippen molar-refractivity contribution >= 4 is 11.4 Å². The van der Waals surface area contributed by atoms with Crippen LogP contribution in [0.5, 0.6) is 0 Å². The van der Waals surface area contributed by atoms with Crippen molar-refractivity contribution in [3.63, 3.8) is 0 Å². The van der Waals surface area contributed by atoms with Gasteiger partial charge in [0.15, 0.2) is 0 Å². The highest BCUT2D eigenvalue weighted by Gasteiger charge is 2.10. The SMILES string of the molecule is [CH2]N1CCNc2ccccc21. The molecule has 11 heavy (non-hydrogen) atoms. The standard InChI is InChI=1S/C9H11N2/c1-11-7-6-10-8-4-2-3-5-9(8)11/h2-5,10H,1,6-7H2. The summed E-state index contributed by atoms with van der Waals surface area (Å²) in [5.41, 5.74) is 2.38. The molecule has 0 saturated carbocycles. The molecule has 1 heterocycles. The molecule has 2 heteroatoms. The minimum Gasteiger partial charge on any atom is -0.382 e. The summed E-state index contributed by atoms with van der Waals surface area (Å²) in [5, 5.41) is 3.31. The molecule has 57 valence electrons. The summed E-state index contributed by atoms with van der Waals surface area (Å²) in [5.74, 6) is 0. The molecular formula is C9H11N2. The van der Waals surface area contributed by atoms with Crippen LogP contribution < -0.4 is 10.2 Å². The van der Waals surface area contributed by atoms with E-state index in [9.17, 15) is 0 Å². The zero-order valence-corrected chi connectivity index (χ0v) is 6.38. The largest absolute Gasteiger partial charge is 0.382 e. The highest BCUT2D eigenvalue weighted by atomic mass is 15.2. The molecule has 0 spiro atoms. The Kier molecular flexibility index (Phi) is 1.46. The monoisotopic (exact) mass is 147 g/mol. The number of fused-ring (bicyclic) bond motifs is 1. The molecule has 1 aliphatic rings. The maximum absolute atomic E-state index is 3.93. The van der Waals surface area contributed by atoms with E-state index < -0.39 is 0 Å². The molecular weight excluding hydrogens is 136 g/mol. The van der Waals surface area contributed by atoms with E-state index in [-0.39, 0.29) is 0 Å². The van der Waals surface area contributed by atoms with E-state index in [4.69, 9.17) is 0 Å². The second kappa shape index (κ2) is 2.46. The fraction of sp³-hybridized carbons (Fsp3) is 0.222. The Balaban J connectivity index is 2.44. The Hall–Kier alpha value is -1.18. The number of hydrogen-bond donors (Lipinski definition) is 1. The van der Waals surface area contributed by atoms with Crippen LogP contribution in [0, 0.1) is 7.05 Å². The molecule has 0 aromatic heterocycles. The highest BCUT2D eigenvalue weighted by Crippen LogP contribution is 2.26. The first-order valence-electron chi connectivity index (χ1n) is 3.79. The van der Waals surface area contributed by atoms with Gasteiger partial charge < -0.3 is 10.2 Å². The zero-order valence-electron chi connectivity index (χ0n) is 6.38. The first kappa shape index (κ1) is 6.53. The fourth-order valence-corrected chi connectivity index (χ4v) is 1.34. The van der Waals surface area contributed by atoms with Crippen molar-refractivity contribution in [3.8, 4) is 0 Å². The van der Waals surface area contributed by atoms with Crippen LogP contribution >= 0.6 is 0 Å². The van der Waals surface area contributed by atoms with Crippen LogP contribution in [0.3, 0.4) is 0 Å². The lowest BCUT2D eigenvalue weighted by Gasteiger charge is -2.27. The maximum Gasteiger partial charge on any atom is 0.0603 e. The molecule has 2 nitrogen and oxygen atoms in total. The molecule has 1 aromatic carbocycles. The molecule has 0 aliphatic carbocycles. The number of benzene rings is 1. The van der Waals surface area contributed by atoms with E-state index in [2.05, 4.69) is 24.5 Å². The molecule has 1 aromatic rings. The van der Waals surface area contributed by atoms with Crippen molar-refractivity contribution < 1.29 is 0 Å². The molecule has 2 rings (SSSR count). The molecule has 0 amide bonds. The van der Waals surface area contributed by atoms with Crippen LogP contribution in [0.25, 0.3) is 0 Å². The summed E-state index contributed by atoms with van der Waals surface area (Å²) in [6.45, 7) is 1.97. The van der Waals surface area contributed by atoms with Crippen LogP contribution in [0.4, 0.5) is 11.4 Å². The Morgan fingerprint density at radius 2 is 2.18 bits per heavy atom. The lowest BCUT2D eigenvalue weighted by atomic mass is 10.2. The Bertz CT molecular complexity index is 257. The minimum atomic E-state index is 0.983. The van der Waals surface area contributed by atoms with Crippen molar-refractivity contribution in [1.29, 1.82) is 0 Å². The summed E-state index contributed by atoms with van der Waals surface area (Å²) >= 11 is 0. The molecule has 0 saturated heterocycles. The summed E-state index contributed by atoms with van der Waals surface area (Å²) < 4.78 is 0. The predicted molar refractivity (Wildman–Crippen MR) is 47.6 cm³/mol. The Morgan fingerprint density at radius 3 is 3.00 bits per heavy atom. The summed E-state index contributed by atoms with van der Waals surface area (Å²) in [6.07, 6.45) is 0. The van der Waals surface area contributed by atoms with Gasteiger partial charge in [0.1, 0.15) is 0 Å². The van der Waals surface area contributed by atoms with Gasteiger partial charge >= 0.3 is 0 Å². The van der Waals surface area contributed by atoms with Gasteiger partial charge in [-0.1, -0.05) is 12.1 Å². The normalized spacial score (nSPS) is 15.5. The van der Waals surface area contributed by atoms with Gasteiger partial charge in [-0.2, -0.15) is 0 Å². The van der Waals surface area contributed by atoms with Gasteiger partial charge in [0, 0.05) is 20.1 Å². The maximum atomic E-state index is 3.93. The van der Waals surface area contributed by atoms with E-state index >= 15 is 0 Å². The molecule has 0 unspecified atom stereocenters. The van der Waals surface area contributed by atoms with E-state index in [1.54, 1.807) is 0 Å². The summed E-state index contributed by atoms with van der Waals surface area (Å²) in [7, 11) is 3.93. The van der Waals surface area contributed by atoms with Gasteiger partial charge in [-0.05, 0) is 12.1 Å². The minimum absolute atomic E-state index is 0.983. The van der Waals surface area contributed by atoms with E-state index in [1.165, 1.54) is 11.4 Å². The van der Waals surface area contributed by atoms with Crippen molar-refractivity contribution in [2.45, 2.75) is 0 Å². The van der Waals surface area contributed by atoms with E-state index in [0.29, 0.717) is 0 Å². The van der Waals surface area contributed by atoms with E-state index in [0.717, 1.165) is 13.1 Å². The Morgan fingerprint density at radius 1 is 1.36 bits per heavy atom. The van der Waals surface area contributed by atoms with Crippen LogP contribution in [0.1, 0.15) is 0 Å². The molecule has 0 atom stereocenters. The predicted octanol–water partition coefficient (Wildman–Crippen LogP) is 1.71. The third-order valence-corrected chi connectivity index (χ3v) is 1.94. The quantitative estimate of drug-likeness (QED) is 0.601. The van der Waals surface area contributed by atoms with Crippen LogP contribution in [-0.2, 0) is 0 Å². The van der Waals surface area contributed by atoms with Crippen molar-refractivity contribution in [1.82, 2.24) is 0 Å². The first-order valence-corrected chi connectivity index (χ1v) is 3.79. The van der Waals surface area contributed by atoms with Crippen molar-refractivity contribution in [3.05, 3.63) is 31.3 Å². The van der Waals surface area contributed by atoms with Gasteiger partial charge in [-0.25, -0.2) is 0 Å². The number of para-hydroxylation sites is 2. The highest BCUT2D eigenvalue weighted by molar-refractivity contribution is 5.71. The number of nitrogens with one attached hydrogen (secondary N) is 1. The average molecular weight is 147 g/mol. The zero-order chi connectivity index (χ0) is 7.68. The fourth-order valence-electron chi connectivity index (χ4n) is 1.34. The second-order valence-electron chi connectivity index (χ2n) is 2.71. The number of nitrogens with zero attached hydrogens (tertiary/aromatic N) is 1. The number of rotatable bonds is 0. The Labute approximate surface area is 66.8 Å². The van der Waals surface area contributed by atoms with Crippen LogP contribution in [-0.4, -0.2) is 13.1 Å². The molecule has 1 aliphatic heterocycles. The van der Waals surface area contributed by atoms with Gasteiger partial charge in [0.25, 0.3) is 0 Å². The second-order valence-corrected chi connectivity index (χ2v) is 2.71. The third kappa shape index (κ3) is 1.04. The third-order valence-electron chi connectivity index (χ3n) is 1.94. The topological polar surface area (TPSA) is 15.3 Å². The van der Waals surface area contributed by atoms with Gasteiger partial charge in [0.05, 0.1) is 11.4 Å². The van der Waals surface area contributed by atoms with Gasteiger partial charge in [-0.15, -0.1) is 0 Å². The molecule has 0 bridgehead atoms. The molecule has 1 N–H and O–H groups in total. The van der Waals surface area contributed by atoms with Crippen LogP contribution in [0.15, 0.2) is 24.3 Å². The summed E-state index contributed by atoms with van der Waals surface area (Å²) in [4.78, 5) is 2.02. The van der Waals surface area contributed by atoms with Crippen molar-refractivity contribution in [2.24, 2.45) is 0 Å². The summed E-state index contributed by atoms with van der Waals surface area (Å²) in [6, 6.07) is 8.22.